The fourth-order valence-corrected chi connectivity index (χ4v) is 4.28. The van der Waals surface area contributed by atoms with Gasteiger partial charge in [0, 0.05) is 29.3 Å². The third-order valence-electron chi connectivity index (χ3n) is 4.78. The number of likely N-dealkylation sites (tertiary alicyclic amines) is 1. The summed E-state index contributed by atoms with van der Waals surface area (Å²) in [7, 11) is 2.02. The Labute approximate surface area is 125 Å². The van der Waals surface area contributed by atoms with Crippen molar-refractivity contribution in [1.82, 2.24) is 10.2 Å². The third-order valence-corrected chi connectivity index (χ3v) is 5.96. The molecule has 1 aromatic rings. The second-order valence-corrected chi connectivity index (χ2v) is 7.10. The largest absolute Gasteiger partial charge is 0.342 e. The first-order valence-corrected chi connectivity index (χ1v) is 8.31. The van der Waals surface area contributed by atoms with Gasteiger partial charge in [-0.15, -0.1) is 11.8 Å². The Morgan fingerprint density at radius 2 is 2.05 bits per heavy atom. The zero-order chi connectivity index (χ0) is 14.2. The minimum absolute atomic E-state index is 0.0649. The van der Waals surface area contributed by atoms with Gasteiger partial charge in [-0.2, -0.15) is 0 Å². The van der Waals surface area contributed by atoms with Gasteiger partial charge in [0.25, 0.3) is 0 Å². The lowest BCUT2D eigenvalue weighted by molar-refractivity contribution is -0.133. The average molecular weight is 290 g/mol. The summed E-state index contributed by atoms with van der Waals surface area (Å²) in [6.07, 6.45) is 2.08. The zero-order valence-corrected chi connectivity index (χ0v) is 13.0. The Morgan fingerprint density at radius 3 is 2.75 bits per heavy atom. The topological polar surface area (TPSA) is 32.3 Å². The molecule has 4 heteroatoms. The van der Waals surface area contributed by atoms with Crippen molar-refractivity contribution < 1.29 is 4.79 Å². The van der Waals surface area contributed by atoms with E-state index in [2.05, 4.69) is 35.3 Å². The highest BCUT2D eigenvalue weighted by atomic mass is 32.2. The van der Waals surface area contributed by atoms with Gasteiger partial charge in [0.15, 0.2) is 0 Å². The number of fused-ring (bicyclic) bond motifs is 1. The summed E-state index contributed by atoms with van der Waals surface area (Å²) in [5, 5.41) is 3.38. The van der Waals surface area contributed by atoms with Crippen LogP contribution >= 0.6 is 11.8 Å². The summed E-state index contributed by atoms with van der Waals surface area (Å²) < 4.78 is 0. The smallest absolute Gasteiger partial charge is 0.231 e. The first kappa shape index (κ1) is 14.0. The number of benzene rings is 1. The molecule has 1 amide bonds. The predicted octanol–water partition coefficient (Wildman–Crippen LogP) is 2.48. The highest BCUT2D eigenvalue weighted by molar-refractivity contribution is 7.99. The molecule has 0 bridgehead atoms. The Kier molecular flexibility index (Phi) is 3.78. The maximum atomic E-state index is 12.8. The molecule has 1 saturated heterocycles. The number of nitrogens with one attached hydrogen (secondary N) is 1. The molecule has 0 aromatic heterocycles. The number of hydrogen-bond acceptors (Lipinski definition) is 3. The van der Waals surface area contributed by atoms with E-state index in [4.69, 9.17) is 0 Å². The first-order chi connectivity index (χ1) is 9.63. The lowest BCUT2D eigenvalue weighted by atomic mass is 9.89. The molecular weight excluding hydrogens is 268 g/mol. The molecule has 0 spiro atoms. The highest BCUT2D eigenvalue weighted by Gasteiger charge is 2.36. The van der Waals surface area contributed by atoms with E-state index < -0.39 is 0 Å². The lowest BCUT2D eigenvalue weighted by Gasteiger charge is -2.40. The molecule has 1 fully saturated rings. The van der Waals surface area contributed by atoms with E-state index in [1.807, 2.05) is 24.9 Å². The van der Waals surface area contributed by atoms with Crippen molar-refractivity contribution in [3.8, 4) is 0 Å². The summed E-state index contributed by atoms with van der Waals surface area (Å²) in [6.45, 7) is 3.99. The number of piperidine rings is 1. The Bertz CT molecular complexity index is 509. The minimum Gasteiger partial charge on any atom is -0.342 e. The van der Waals surface area contributed by atoms with Crippen LogP contribution in [0.5, 0.6) is 0 Å². The van der Waals surface area contributed by atoms with Gasteiger partial charge in [0.05, 0.1) is 5.92 Å². The van der Waals surface area contributed by atoms with Crippen LogP contribution in [0.3, 0.4) is 0 Å². The molecule has 108 valence electrons. The summed E-state index contributed by atoms with van der Waals surface area (Å²) >= 11 is 1.81. The van der Waals surface area contributed by atoms with Gasteiger partial charge in [-0.25, -0.2) is 0 Å². The monoisotopic (exact) mass is 290 g/mol. The van der Waals surface area contributed by atoms with Crippen LogP contribution in [0.2, 0.25) is 0 Å². The van der Waals surface area contributed by atoms with Crippen molar-refractivity contribution in [1.29, 1.82) is 0 Å². The molecule has 1 atom stereocenters. The van der Waals surface area contributed by atoms with Gasteiger partial charge in [-0.05, 0) is 38.4 Å². The third kappa shape index (κ3) is 2.47. The summed E-state index contributed by atoms with van der Waals surface area (Å²) in [4.78, 5) is 16.1. The van der Waals surface area contributed by atoms with E-state index in [9.17, 15) is 4.79 Å². The van der Waals surface area contributed by atoms with Crippen LogP contribution in [0.25, 0.3) is 0 Å². The molecule has 3 nitrogen and oxygen atoms in total. The molecule has 20 heavy (non-hydrogen) atoms. The van der Waals surface area contributed by atoms with Crippen LogP contribution in [0.15, 0.2) is 29.2 Å². The number of thioether (sulfide) groups is 1. The molecule has 0 aliphatic carbocycles. The van der Waals surface area contributed by atoms with E-state index in [0.717, 1.165) is 31.7 Å². The van der Waals surface area contributed by atoms with Crippen LogP contribution in [0, 0.1) is 0 Å². The zero-order valence-electron chi connectivity index (χ0n) is 12.2. The highest BCUT2D eigenvalue weighted by Crippen LogP contribution is 2.40. The molecular formula is C16H22N2OS. The van der Waals surface area contributed by atoms with Crippen molar-refractivity contribution >= 4 is 17.7 Å². The van der Waals surface area contributed by atoms with Crippen LogP contribution in [-0.2, 0) is 4.79 Å². The molecule has 0 saturated carbocycles. The number of carbonyl (C=O) groups is 1. The number of carbonyl (C=O) groups excluding carboxylic acids is 1. The number of nitrogens with zero attached hydrogens (tertiary/aromatic N) is 1. The molecule has 1 N–H and O–H groups in total. The number of hydrogen-bond donors (Lipinski definition) is 1. The van der Waals surface area contributed by atoms with Crippen LogP contribution in [0.1, 0.15) is 31.2 Å². The Morgan fingerprint density at radius 1 is 1.35 bits per heavy atom. The minimum atomic E-state index is 0.0649. The van der Waals surface area contributed by atoms with Crippen molar-refractivity contribution in [2.24, 2.45) is 0 Å². The maximum absolute atomic E-state index is 12.8. The molecule has 3 rings (SSSR count). The fraction of sp³-hybridized carbons (Fsp3) is 0.562. The molecule has 2 heterocycles. The molecule has 1 unspecified atom stereocenters. The lowest BCUT2D eigenvalue weighted by Crippen LogP contribution is -2.52. The normalized spacial score (nSPS) is 24.5. The molecule has 0 radical (unpaired) electrons. The van der Waals surface area contributed by atoms with Crippen molar-refractivity contribution in [3.63, 3.8) is 0 Å². The van der Waals surface area contributed by atoms with E-state index in [1.165, 1.54) is 10.5 Å². The van der Waals surface area contributed by atoms with E-state index >= 15 is 0 Å². The molecule has 2 aliphatic heterocycles. The molecule has 1 aromatic carbocycles. The predicted molar refractivity (Wildman–Crippen MR) is 83.2 cm³/mol. The SMILES string of the molecule is CNC1(C)CCN(C(=O)C2CSc3ccccc32)CC1. The standard InChI is InChI=1S/C16H22N2OS/c1-16(17-2)7-9-18(10-8-16)15(19)13-11-20-14-6-4-3-5-12(13)14/h3-6,13,17H,7-11H2,1-2H3. The first-order valence-electron chi connectivity index (χ1n) is 7.32. The number of rotatable bonds is 2. The van der Waals surface area contributed by atoms with Crippen LogP contribution in [-0.4, -0.2) is 42.2 Å². The fourth-order valence-electron chi connectivity index (χ4n) is 3.06. The van der Waals surface area contributed by atoms with Gasteiger partial charge in [0.1, 0.15) is 0 Å². The Balaban J connectivity index is 1.70. The average Bonchev–Trinajstić information content (AvgIpc) is 2.91. The quantitative estimate of drug-likeness (QED) is 0.908. The van der Waals surface area contributed by atoms with E-state index in [0.29, 0.717) is 5.91 Å². The van der Waals surface area contributed by atoms with Crippen LogP contribution < -0.4 is 5.32 Å². The van der Waals surface area contributed by atoms with Gasteiger partial charge in [-0.1, -0.05) is 18.2 Å². The van der Waals surface area contributed by atoms with E-state index in [1.54, 1.807) is 0 Å². The van der Waals surface area contributed by atoms with E-state index in [-0.39, 0.29) is 11.5 Å². The summed E-state index contributed by atoms with van der Waals surface area (Å²) in [6, 6.07) is 8.33. The van der Waals surface area contributed by atoms with Gasteiger partial charge in [0.2, 0.25) is 5.91 Å². The van der Waals surface area contributed by atoms with Crippen LogP contribution in [0.4, 0.5) is 0 Å². The maximum Gasteiger partial charge on any atom is 0.231 e. The molecule has 2 aliphatic rings. The van der Waals surface area contributed by atoms with Crippen molar-refractivity contribution in [2.75, 3.05) is 25.9 Å². The Hall–Kier alpha value is -1.00. The van der Waals surface area contributed by atoms with Crippen molar-refractivity contribution in [3.05, 3.63) is 29.8 Å². The summed E-state index contributed by atoms with van der Waals surface area (Å²) in [5.74, 6) is 1.29. The summed E-state index contributed by atoms with van der Waals surface area (Å²) in [5.41, 5.74) is 1.42. The number of amides is 1. The van der Waals surface area contributed by atoms with Crippen molar-refractivity contribution in [2.45, 2.75) is 36.1 Å². The van der Waals surface area contributed by atoms with Gasteiger partial charge in [-0.3, -0.25) is 4.79 Å². The van der Waals surface area contributed by atoms with Gasteiger partial charge >= 0.3 is 0 Å². The second-order valence-electron chi connectivity index (χ2n) is 6.04. The second kappa shape index (κ2) is 5.41. The van der Waals surface area contributed by atoms with Gasteiger partial charge < -0.3 is 10.2 Å².